The predicted molar refractivity (Wildman–Crippen MR) is 128 cm³/mol. The largest absolute Gasteiger partial charge is 0.493 e. The first kappa shape index (κ1) is 24.5. The van der Waals surface area contributed by atoms with Crippen molar-refractivity contribution in [2.24, 2.45) is 5.92 Å². The predicted octanol–water partition coefficient (Wildman–Crippen LogP) is 3.69. The molecule has 1 saturated carbocycles. The van der Waals surface area contributed by atoms with Gasteiger partial charge in [-0.05, 0) is 75.3 Å². The van der Waals surface area contributed by atoms with Crippen LogP contribution in [0, 0.1) is 5.92 Å². The maximum Gasteiger partial charge on any atom is 0.244 e. The maximum absolute atomic E-state index is 12.9. The SMILES string of the molecule is COc1cc(C(C)NC(=O)C2CCN(S(=O)(=O)c3cccnc3)CC2)ccc1OC1CCCC1. The lowest BCUT2D eigenvalue weighted by Crippen LogP contribution is -2.43. The van der Waals surface area contributed by atoms with Crippen LogP contribution in [0.4, 0.5) is 0 Å². The molecule has 2 aliphatic rings. The highest BCUT2D eigenvalue weighted by atomic mass is 32.2. The molecule has 1 aromatic heterocycles. The number of ether oxygens (including phenoxy) is 2. The van der Waals surface area contributed by atoms with E-state index in [9.17, 15) is 13.2 Å². The summed E-state index contributed by atoms with van der Waals surface area (Å²) < 4.78 is 38.7. The number of nitrogens with zero attached hydrogens (tertiary/aromatic N) is 2. The van der Waals surface area contributed by atoms with Crippen LogP contribution in [-0.2, 0) is 14.8 Å². The Balaban J connectivity index is 1.33. The number of hydrogen-bond acceptors (Lipinski definition) is 6. The Kier molecular flexibility index (Phi) is 7.73. The molecule has 1 aromatic carbocycles. The minimum Gasteiger partial charge on any atom is -0.493 e. The van der Waals surface area contributed by atoms with Crippen molar-refractivity contribution in [2.45, 2.75) is 62.5 Å². The molecule has 8 nitrogen and oxygen atoms in total. The standard InChI is InChI=1S/C25H33N3O5S/c1-18(20-9-10-23(24(16-20)32-2)33-21-6-3-4-7-21)27-25(29)19-11-14-28(15-12-19)34(30,31)22-8-5-13-26-17-22/h5,8-10,13,16-19,21H,3-4,6-7,11-12,14-15H2,1-2H3,(H,27,29). The zero-order valence-electron chi connectivity index (χ0n) is 19.8. The zero-order valence-corrected chi connectivity index (χ0v) is 20.6. The smallest absolute Gasteiger partial charge is 0.244 e. The molecular formula is C25H33N3O5S. The number of aromatic nitrogens is 1. The van der Waals surface area contributed by atoms with Gasteiger partial charge in [0.25, 0.3) is 0 Å². The monoisotopic (exact) mass is 487 g/mol. The number of nitrogens with one attached hydrogen (secondary N) is 1. The van der Waals surface area contributed by atoms with Crippen LogP contribution in [0.3, 0.4) is 0 Å². The highest BCUT2D eigenvalue weighted by Gasteiger charge is 2.32. The van der Waals surface area contributed by atoms with Crippen LogP contribution in [0.2, 0.25) is 0 Å². The lowest BCUT2D eigenvalue weighted by atomic mass is 9.96. The molecule has 1 saturated heterocycles. The summed E-state index contributed by atoms with van der Waals surface area (Å²) in [4.78, 5) is 17.0. The lowest BCUT2D eigenvalue weighted by molar-refractivity contribution is -0.126. The number of rotatable bonds is 8. The third-order valence-electron chi connectivity index (χ3n) is 6.74. The number of benzene rings is 1. The van der Waals surface area contributed by atoms with Crippen molar-refractivity contribution in [3.8, 4) is 11.5 Å². The fourth-order valence-corrected chi connectivity index (χ4v) is 6.09. The van der Waals surface area contributed by atoms with Crippen LogP contribution in [-0.4, -0.2) is 49.9 Å². The third-order valence-corrected chi connectivity index (χ3v) is 8.62. The number of carbonyl (C=O) groups excluding carboxylic acids is 1. The normalized spacial score (nSPS) is 19.0. The highest BCUT2D eigenvalue weighted by molar-refractivity contribution is 7.89. The van der Waals surface area contributed by atoms with Crippen molar-refractivity contribution in [1.82, 2.24) is 14.6 Å². The quantitative estimate of drug-likeness (QED) is 0.610. The fourth-order valence-electron chi connectivity index (χ4n) is 4.66. The van der Waals surface area contributed by atoms with Gasteiger partial charge in [0, 0.05) is 31.4 Å². The van der Waals surface area contributed by atoms with E-state index in [0.717, 1.165) is 24.2 Å². The van der Waals surface area contributed by atoms with Gasteiger partial charge in [-0.15, -0.1) is 0 Å². The van der Waals surface area contributed by atoms with Crippen LogP contribution < -0.4 is 14.8 Å². The number of methoxy groups -OCH3 is 1. The summed E-state index contributed by atoms with van der Waals surface area (Å²) in [6.07, 6.45) is 8.64. The number of hydrogen-bond donors (Lipinski definition) is 1. The summed E-state index contributed by atoms with van der Waals surface area (Å²) in [7, 11) is -1.96. The highest BCUT2D eigenvalue weighted by Crippen LogP contribution is 2.34. The van der Waals surface area contributed by atoms with Gasteiger partial charge in [-0.1, -0.05) is 6.07 Å². The molecule has 1 amide bonds. The van der Waals surface area contributed by atoms with Crippen molar-refractivity contribution in [3.05, 3.63) is 48.3 Å². The molecular weight excluding hydrogens is 454 g/mol. The Morgan fingerprint density at radius 1 is 1.12 bits per heavy atom. The van der Waals surface area contributed by atoms with E-state index in [1.54, 1.807) is 25.4 Å². The van der Waals surface area contributed by atoms with E-state index in [0.29, 0.717) is 31.7 Å². The summed E-state index contributed by atoms with van der Waals surface area (Å²) in [5.41, 5.74) is 0.931. The van der Waals surface area contributed by atoms with Gasteiger partial charge in [-0.25, -0.2) is 8.42 Å². The van der Waals surface area contributed by atoms with Crippen LogP contribution in [0.5, 0.6) is 11.5 Å². The number of sulfonamides is 1. The van der Waals surface area contributed by atoms with Gasteiger partial charge < -0.3 is 14.8 Å². The molecule has 9 heteroatoms. The van der Waals surface area contributed by atoms with Crippen LogP contribution in [0.1, 0.15) is 57.1 Å². The Morgan fingerprint density at radius 2 is 1.85 bits per heavy atom. The van der Waals surface area contributed by atoms with Crippen molar-refractivity contribution in [3.63, 3.8) is 0 Å². The topological polar surface area (TPSA) is 97.8 Å². The second kappa shape index (κ2) is 10.7. The van der Waals surface area contributed by atoms with Crippen molar-refractivity contribution in [1.29, 1.82) is 0 Å². The van der Waals surface area contributed by atoms with E-state index < -0.39 is 10.0 Å². The summed E-state index contributed by atoms with van der Waals surface area (Å²) >= 11 is 0. The van der Waals surface area contributed by atoms with Crippen molar-refractivity contribution >= 4 is 15.9 Å². The molecule has 184 valence electrons. The molecule has 2 fully saturated rings. The number of piperidine rings is 1. The molecule has 1 N–H and O–H groups in total. The van der Waals surface area contributed by atoms with Gasteiger partial charge in [0.1, 0.15) is 4.90 Å². The van der Waals surface area contributed by atoms with Gasteiger partial charge in [0.15, 0.2) is 11.5 Å². The minimum absolute atomic E-state index is 0.0591. The first-order valence-corrected chi connectivity index (χ1v) is 13.4. The Labute approximate surface area is 201 Å². The Morgan fingerprint density at radius 3 is 2.50 bits per heavy atom. The van der Waals surface area contributed by atoms with Gasteiger partial charge in [-0.2, -0.15) is 4.31 Å². The third kappa shape index (κ3) is 5.52. The van der Waals surface area contributed by atoms with Gasteiger partial charge >= 0.3 is 0 Å². The van der Waals surface area contributed by atoms with Crippen LogP contribution >= 0.6 is 0 Å². The molecule has 0 radical (unpaired) electrons. The van der Waals surface area contributed by atoms with E-state index >= 15 is 0 Å². The molecule has 2 heterocycles. The minimum atomic E-state index is -3.58. The van der Waals surface area contributed by atoms with Crippen LogP contribution in [0.25, 0.3) is 0 Å². The van der Waals surface area contributed by atoms with E-state index in [4.69, 9.17) is 9.47 Å². The second-order valence-electron chi connectivity index (χ2n) is 9.03. The molecule has 0 bridgehead atoms. The number of pyridine rings is 1. The van der Waals surface area contributed by atoms with Crippen molar-refractivity contribution in [2.75, 3.05) is 20.2 Å². The van der Waals surface area contributed by atoms with E-state index in [1.807, 2.05) is 25.1 Å². The average molecular weight is 488 g/mol. The second-order valence-corrected chi connectivity index (χ2v) is 11.0. The molecule has 34 heavy (non-hydrogen) atoms. The van der Waals surface area contributed by atoms with Gasteiger partial charge in [0.05, 0.1) is 19.3 Å². The summed E-state index contributed by atoms with van der Waals surface area (Å²) in [5, 5.41) is 3.08. The molecule has 1 atom stereocenters. The maximum atomic E-state index is 12.9. The molecule has 2 aromatic rings. The van der Waals surface area contributed by atoms with E-state index in [-0.39, 0.29) is 28.9 Å². The van der Waals surface area contributed by atoms with Crippen LogP contribution in [0.15, 0.2) is 47.6 Å². The summed E-state index contributed by atoms with van der Waals surface area (Å²) in [5.74, 6) is 1.11. The molecule has 0 spiro atoms. The zero-order chi connectivity index (χ0) is 24.1. The summed E-state index contributed by atoms with van der Waals surface area (Å²) in [6.45, 7) is 2.56. The Hall–Kier alpha value is -2.65. The lowest BCUT2D eigenvalue weighted by Gasteiger charge is -2.31. The summed E-state index contributed by atoms with van der Waals surface area (Å²) in [6, 6.07) is 8.73. The Bertz CT molecular complexity index is 1080. The fraction of sp³-hybridized carbons (Fsp3) is 0.520. The average Bonchev–Trinajstić information content (AvgIpc) is 3.38. The molecule has 1 aliphatic heterocycles. The molecule has 4 rings (SSSR count). The van der Waals surface area contributed by atoms with Gasteiger partial charge in [-0.3, -0.25) is 9.78 Å². The first-order chi connectivity index (χ1) is 16.4. The molecule has 1 aliphatic carbocycles. The van der Waals surface area contributed by atoms with E-state index in [2.05, 4.69) is 10.3 Å². The van der Waals surface area contributed by atoms with E-state index in [1.165, 1.54) is 23.3 Å². The first-order valence-electron chi connectivity index (χ1n) is 11.9. The van der Waals surface area contributed by atoms with Crippen molar-refractivity contribution < 1.29 is 22.7 Å². The number of amides is 1. The number of carbonyl (C=O) groups is 1. The molecule has 1 unspecified atom stereocenters. The van der Waals surface area contributed by atoms with Gasteiger partial charge in [0.2, 0.25) is 15.9 Å².